The molecule has 0 bridgehead atoms. The van der Waals surface area contributed by atoms with E-state index in [1.54, 1.807) is 4.90 Å². The third kappa shape index (κ3) is 8.61. The quantitative estimate of drug-likeness (QED) is 0.441. The molecule has 0 aliphatic rings. The van der Waals surface area contributed by atoms with E-state index in [9.17, 15) is 4.57 Å². The Bertz CT molecular complexity index is 428. The van der Waals surface area contributed by atoms with Crippen molar-refractivity contribution in [2.24, 2.45) is 0 Å². The van der Waals surface area contributed by atoms with Crippen molar-refractivity contribution in [2.45, 2.75) is 19.8 Å². The molecule has 0 saturated carbocycles. The number of benzene rings is 1. The Morgan fingerprint density at radius 3 is 2.33 bits per heavy atom. The first kappa shape index (κ1) is 18.7. The van der Waals surface area contributed by atoms with Crippen LogP contribution in [0, 0.1) is 0 Å². The first-order valence-corrected chi connectivity index (χ1v) is 8.90. The van der Waals surface area contributed by atoms with Gasteiger partial charge in [-0.25, -0.2) is 0 Å². The zero-order valence-electron chi connectivity index (χ0n) is 11.8. The van der Waals surface area contributed by atoms with Gasteiger partial charge in [0.05, 0.1) is 0 Å². The predicted octanol–water partition coefficient (Wildman–Crippen LogP) is 1.64. The Balaban J connectivity index is 2.47. The van der Waals surface area contributed by atoms with Gasteiger partial charge in [0.1, 0.15) is 13.5 Å². The van der Waals surface area contributed by atoms with Gasteiger partial charge < -0.3 is 14.7 Å². The Labute approximate surface area is 126 Å². The summed E-state index contributed by atoms with van der Waals surface area (Å²) in [5.41, 5.74) is 2.37. The zero-order valence-corrected chi connectivity index (χ0v) is 13.7. The van der Waals surface area contributed by atoms with Crippen molar-refractivity contribution < 1.29 is 28.3 Å². The Morgan fingerprint density at radius 2 is 1.81 bits per heavy atom. The van der Waals surface area contributed by atoms with Gasteiger partial charge in [-0.05, 0) is 24.0 Å². The summed E-state index contributed by atoms with van der Waals surface area (Å²) in [6, 6.07) is 8.16. The van der Waals surface area contributed by atoms with E-state index in [0.29, 0.717) is 13.0 Å². The molecule has 7 nitrogen and oxygen atoms in total. The van der Waals surface area contributed by atoms with Crippen molar-refractivity contribution in [3.05, 3.63) is 35.4 Å². The van der Waals surface area contributed by atoms with Crippen molar-refractivity contribution in [3.8, 4) is 0 Å². The van der Waals surface area contributed by atoms with Crippen molar-refractivity contribution in [2.75, 3.05) is 20.0 Å². The van der Waals surface area contributed by atoms with Gasteiger partial charge in [-0.1, -0.05) is 31.2 Å². The van der Waals surface area contributed by atoms with Gasteiger partial charge in [0.2, 0.25) is 0 Å². The second-order valence-electron chi connectivity index (χ2n) is 4.36. The van der Waals surface area contributed by atoms with E-state index >= 15 is 0 Å². The molecule has 0 aromatic heterocycles. The van der Waals surface area contributed by atoms with Crippen LogP contribution in [0.5, 0.6) is 0 Å². The molecule has 21 heavy (non-hydrogen) atoms. The minimum Gasteiger partial charge on any atom is -0.328 e. The Morgan fingerprint density at radius 1 is 1.19 bits per heavy atom. The SMILES string of the molecule is CCc1ccc(CCN(COP(O)O)CO[PH](=O)O)cc1. The highest BCUT2D eigenvalue weighted by Gasteiger charge is 2.10. The van der Waals surface area contributed by atoms with Gasteiger partial charge in [-0.2, -0.15) is 0 Å². The van der Waals surface area contributed by atoms with E-state index < -0.39 is 16.9 Å². The third-order valence-corrected chi connectivity index (χ3v) is 3.60. The highest BCUT2D eigenvalue weighted by molar-refractivity contribution is 7.39. The lowest BCUT2D eigenvalue weighted by atomic mass is 10.1. The molecule has 3 N–H and O–H groups in total. The monoisotopic (exact) mass is 337 g/mol. The average molecular weight is 337 g/mol. The lowest BCUT2D eigenvalue weighted by molar-refractivity contribution is 0.0471. The summed E-state index contributed by atoms with van der Waals surface area (Å²) in [6.45, 7) is 2.40. The minimum atomic E-state index is -3.03. The lowest BCUT2D eigenvalue weighted by Crippen LogP contribution is -2.29. The molecular weight excluding hydrogens is 316 g/mol. The molecule has 1 unspecified atom stereocenters. The molecule has 120 valence electrons. The summed E-state index contributed by atoms with van der Waals surface area (Å²) >= 11 is 0. The molecule has 1 atom stereocenters. The highest BCUT2D eigenvalue weighted by atomic mass is 31.2. The lowest BCUT2D eigenvalue weighted by Gasteiger charge is -2.21. The van der Waals surface area contributed by atoms with E-state index in [0.717, 1.165) is 12.0 Å². The number of rotatable bonds is 10. The van der Waals surface area contributed by atoms with Crippen LogP contribution in [0.25, 0.3) is 0 Å². The molecule has 0 amide bonds. The minimum absolute atomic E-state index is 0.0824. The van der Waals surface area contributed by atoms with Crippen LogP contribution in [0.1, 0.15) is 18.1 Å². The molecule has 0 radical (unpaired) electrons. The molecule has 0 heterocycles. The average Bonchev–Trinajstić information content (AvgIpc) is 2.46. The molecule has 1 aromatic rings. The van der Waals surface area contributed by atoms with Gasteiger partial charge in [-0.3, -0.25) is 18.5 Å². The summed E-state index contributed by atoms with van der Waals surface area (Å²) < 4.78 is 20.0. The zero-order chi connectivity index (χ0) is 15.7. The highest BCUT2D eigenvalue weighted by Crippen LogP contribution is 2.24. The van der Waals surface area contributed by atoms with Crippen LogP contribution in [0.3, 0.4) is 0 Å². The van der Waals surface area contributed by atoms with Gasteiger partial charge in [0.15, 0.2) is 0 Å². The van der Waals surface area contributed by atoms with Crippen molar-refractivity contribution >= 4 is 16.9 Å². The standard InChI is InChI=1S/C12H21NO6P2/c1-2-11-3-5-12(6-4-11)7-8-13(9-18-20(14)15)10-19-21(16)17/h3-6,14-15,21H,2,7-10H2,1H3,(H,16,17). The Hall–Kier alpha value is -0.360. The van der Waals surface area contributed by atoms with Gasteiger partial charge in [0, 0.05) is 6.54 Å². The fourth-order valence-electron chi connectivity index (χ4n) is 1.68. The van der Waals surface area contributed by atoms with E-state index in [4.69, 9.17) is 19.2 Å². The molecule has 1 rings (SSSR count). The van der Waals surface area contributed by atoms with Crippen molar-refractivity contribution in [3.63, 3.8) is 0 Å². The van der Waals surface area contributed by atoms with E-state index in [-0.39, 0.29) is 13.5 Å². The van der Waals surface area contributed by atoms with Crippen LogP contribution in [-0.4, -0.2) is 39.6 Å². The maximum absolute atomic E-state index is 10.6. The molecule has 0 aliphatic carbocycles. The van der Waals surface area contributed by atoms with Gasteiger partial charge >= 0.3 is 16.9 Å². The summed E-state index contributed by atoms with van der Waals surface area (Å²) in [5.74, 6) is 0. The van der Waals surface area contributed by atoms with E-state index in [1.165, 1.54) is 5.56 Å². The summed E-state index contributed by atoms with van der Waals surface area (Å²) in [6.07, 6.45) is 1.67. The molecule has 0 aliphatic heterocycles. The van der Waals surface area contributed by atoms with E-state index in [1.807, 2.05) is 12.1 Å². The molecule has 0 saturated heterocycles. The summed E-state index contributed by atoms with van der Waals surface area (Å²) in [4.78, 5) is 27.8. The smallest absolute Gasteiger partial charge is 0.328 e. The topological polar surface area (TPSA) is 99.5 Å². The molecular formula is C12H21NO6P2. The number of nitrogens with zero attached hydrogens (tertiary/aromatic N) is 1. The van der Waals surface area contributed by atoms with Crippen LogP contribution >= 0.6 is 16.9 Å². The second kappa shape index (κ2) is 10.4. The first-order valence-electron chi connectivity index (χ1n) is 6.48. The van der Waals surface area contributed by atoms with Crippen LogP contribution in [0.4, 0.5) is 0 Å². The van der Waals surface area contributed by atoms with Crippen LogP contribution in [-0.2, 0) is 26.5 Å². The molecule has 0 spiro atoms. The van der Waals surface area contributed by atoms with Crippen molar-refractivity contribution in [1.29, 1.82) is 0 Å². The maximum atomic E-state index is 10.6. The number of hydrogen-bond acceptors (Lipinski definition) is 6. The van der Waals surface area contributed by atoms with Crippen LogP contribution in [0.2, 0.25) is 0 Å². The fourth-order valence-corrected chi connectivity index (χ4v) is 2.23. The third-order valence-electron chi connectivity index (χ3n) is 2.87. The summed E-state index contributed by atoms with van der Waals surface area (Å²) in [7, 11) is -5.49. The molecule has 1 aromatic carbocycles. The van der Waals surface area contributed by atoms with Crippen LogP contribution < -0.4 is 0 Å². The number of hydrogen-bond donors (Lipinski definition) is 3. The fraction of sp³-hybridized carbons (Fsp3) is 0.500. The number of aryl methyl sites for hydroxylation is 1. The molecule has 0 fully saturated rings. The second-order valence-corrected chi connectivity index (χ2v) is 5.95. The van der Waals surface area contributed by atoms with E-state index in [2.05, 4.69) is 23.6 Å². The van der Waals surface area contributed by atoms with Gasteiger partial charge in [0.25, 0.3) is 0 Å². The summed E-state index contributed by atoms with van der Waals surface area (Å²) in [5, 5.41) is 0. The maximum Gasteiger partial charge on any atom is 0.328 e. The van der Waals surface area contributed by atoms with Crippen molar-refractivity contribution in [1.82, 2.24) is 4.90 Å². The molecule has 9 heteroatoms. The van der Waals surface area contributed by atoms with Crippen LogP contribution in [0.15, 0.2) is 24.3 Å². The predicted molar refractivity (Wildman–Crippen MR) is 80.7 cm³/mol. The largest absolute Gasteiger partial charge is 0.328 e. The first-order chi connectivity index (χ1) is 10.0. The Kier molecular flexibility index (Phi) is 9.24. The van der Waals surface area contributed by atoms with Gasteiger partial charge in [-0.15, -0.1) is 0 Å². The normalized spacial score (nSPS) is 13.0.